The van der Waals surface area contributed by atoms with Crippen molar-refractivity contribution in [3.8, 4) is 0 Å². The van der Waals surface area contributed by atoms with E-state index in [2.05, 4.69) is 47.8 Å². The van der Waals surface area contributed by atoms with Gasteiger partial charge >= 0.3 is 0 Å². The SMILES string of the molecule is NCC1(CNCc2cccc3ccccc23)CC1. The predicted octanol–water partition coefficient (Wildman–Crippen LogP) is 2.67. The second-order valence-corrected chi connectivity index (χ2v) is 5.45. The van der Waals surface area contributed by atoms with Crippen molar-refractivity contribution < 1.29 is 0 Å². The molecule has 0 atom stereocenters. The lowest BCUT2D eigenvalue weighted by molar-refractivity contribution is 0.468. The third kappa shape index (κ3) is 2.26. The summed E-state index contributed by atoms with van der Waals surface area (Å²) in [5, 5.41) is 6.24. The van der Waals surface area contributed by atoms with Gasteiger partial charge in [-0.05, 0) is 41.1 Å². The zero-order valence-corrected chi connectivity index (χ0v) is 10.7. The minimum absolute atomic E-state index is 0.407. The minimum atomic E-state index is 0.407. The molecule has 1 aliphatic rings. The molecule has 1 saturated carbocycles. The maximum Gasteiger partial charge on any atom is 0.0211 e. The highest BCUT2D eigenvalue weighted by Gasteiger charge is 2.40. The fraction of sp³-hybridized carbons (Fsp3) is 0.375. The van der Waals surface area contributed by atoms with E-state index in [4.69, 9.17) is 5.73 Å². The largest absolute Gasteiger partial charge is 0.330 e. The molecule has 0 spiro atoms. The summed E-state index contributed by atoms with van der Waals surface area (Å²) in [4.78, 5) is 0. The van der Waals surface area contributed by atoms with Crippen molar-refractivity contribution in [2.45, 2.75) is 19.4 Å². The lowest BCUT2D eigenvalue weighted by Gasteiger charge is -2.14. The summed E-state index contributed by atoms with van der Waals surface area (Å²) in [6.07, 6.45) is 2.57. The molecule has 2 heteroatoms. The standard InChI is InChI=1S/C16H20N2/c17-11-16(8-9-16)12-18-10-14-6-3-5-13-4-1-2-7-15(13)14/h1-7,18H,8-12,17H2. The summed E-state index contributed by atoms with van der Waals surface area (Å²) in [6, 6.07) is 15.1. The lowest BCUT2D eigenvalue weighted by Crippen LogP contribution is -2.29. The van der Waals surface area contributed by atoms with Gasteiger partial charge < -0.3 is 11.1 Å². The number of fused-ring (bicyclic) bond motifs is 1. The number of hydrogen-bond donors (Lipinski definition) is 2. The molecule has 2 nitrogen and oxygen atoms in total. The normalized spacial score (nSPS) is 16.9. The van der Waals surface area contributed by atoms with Gasteiger partial charge in [0.25, 0.3) is 0 Å². The maximum absolute atomic E-state index is 5.80. The Hall–Kier alpha value is -1.38. The van der Waals surface area contributed by atoms with Crippen LogP contribution in [-0.4, -0.2) is 13.1 Å². The Kier molecular flexibility index (Phi) is 3.06. The summed E-state index contributed by atoms with van der Waals surface area (Å²) >= 11 is 0. The third-order valence-electron chi connectivity index (χ3n) is 4.09. The number of rotatable bonds is 5. The maximum atomic E-state index is 5.80. The van der Waals surface area contributed by atoms with Crippen LogP contribution in [0.25, 0.3) is 10.8 Å². The molecular weight excluding hydrogens is 220 g/mol. The van der Waals surface area contributed by atoms with Crippen LogP contribution in [0.3, 0.4) is 0 Å². The second kappa shape index (κ2) is 4.71. The van der Waals surface area contributed by atoms with Gasteiger partial charge in [-0.15, -0.1) is 0 Å². The van der Waals surface area contributed by atoms with Gasteiger partial charge in [-0.25, -0.2) is 0 Å². The molecule has 18 heavy (non-hydrogen) atoms. The Bertz CT molecular complexity index is 538. The number of nitrogens with one attached hydrogen (secondary N) is 1. The van der Waals surface area contributed by atoms with Gasteiger partial charge in [-0.3, -0.25) is 0 Å². The Morgan fingerprint density at radius 2 is 1.83 bits per heavy atom. The fourth-order valence-electron chi connectivity index (χ4n) is 2.54. The van der Waals surface area contributed by atoms with E-state index < -0.39 is 0 Å². The summed E-state index contributed by atoms with van der Waals surface area (Å²) < 4.78 is 0. The average Bonchev–Trinajstić information content (AvgIpc) is 3.20. The van der Waals surface area contributed by atoms with Crippen molar-refractivity contribution in [3.05, 3.63) is 48.0 Å². The number of nitrogens with two attached hydrogens (primary N) is 1. The van der Waals surface area contributed by atoms with E-state index in [1.165, 1.54) is 29.2 Å². The summed E-state index contributed by atoms with van der Waals surface area (Å²) in [6.45, 7) is 2.80. The molecule has 1 fully saturated rings. The Labute approximate surface area is 108 Å². The molecule has 0 amide bonds. The first kappa shape index (κ1) is 11.7. The van der Waals surface area contributed by atoms with E-state index in [1.54, 1.807) is 0 Å². The molecule has 0 bridgehead atoms. The van der Waals surface area contributed by atoms with Crippen LogP contribution in [0.15, 0.2) is 42.5 Å². The van der Waals surface area contributed by atoms with Crippen molar-refractivity contribution in [3.63, 3.8) is 0 Å². The molecule has 2 aromatic carbocycles. The fourth-order valence-corrected chi connectivity index (χ4v) is 2.54. The van der Waals surface area contributed by atoms with E-state index in [1.807, 2.05) is 0 Å². The van der Waals surface area contributed by atoms with Crippen LogP contribution >= 0.6 is 0 Å². The molecule has 3 rings (SSSR count). The van der Waals surface area contributed by atoms with Crippen LogP contribution in [0.4, 0.5) is 0 Å². The molecule has 0 heterocycles. The highest BCUT2D eigenvalue weighted by atomic mass is 14.9. The molecule has 0 unspecified atom stereocenters. The first-order valence-corrected chi connectivity index (χ1v) is 6.70. The number of hydrogen-bond acceptors (Lipinski definition) is 2. The topological polar surface area (TPSA) is 38.0 Å². The van der Waals surface area contributed by atoms with Crippen LogP contribution < -0.4 is 11.1 Å². The molecule has 2 aromatic rings. The van der Waals surface area contributed by atoms with Gasteiger partial charge in [0.2, 0.25) is 0 Å². The van der Waals surface area contributed by atoms with E-state index >= 15 is 0 Å². The van der Waals surface area contributed by atoms with Gasteiger partial charge in [-0.2, -0.15) is 0 Å². The molecule has 94 valence electrons. The summed E-state index contributed by atoms with van der Waals surface area (Å²) in [7, 11) is 0. The van der Waals surface area contributed by atoms with Gasteiger partial charge in [-0.1, -0.05) is 42.5 Å². The van der Waals surface area contributed by atoms with Crippen molar-refractivity contribution >= 4 is 10.8 Å². The van der Waals surface area contributed by atoms with E-state index in [0.29, 0.717) is 5.41 Å². The first-order chi connectivity index (χ1) is 8.83. The van der Waals surface area contributed by atoms with E-state index in [0.717, 1.165) is 19.6 Å². The van der Waals surface area contributed by atoms with E-state index in [9.17, 15) is 0 Å². The molecule has 3 N–H and O–H groups in total. The quantitative estimate of drug-likeness (QED) is 0.843. The summed E-state index contributed by atoms with van der Waals surface area (Å²) in [5.74, 6) is 0. The highest BCUT2D eigenvalue weighted by molar-refractivity contribution is 5.85. The lowest BCUT2D eigenvalue weighted by atomic mass is 10.0. The van der Waals surface area contributed by atoms with Crippen LogP contribution in [0.1, 0.15) is 18.4 Å². The third-order valence-corrected chi connectivity index (χ3v) is 4.09. The first-order valence-electron chi connectivity index (χ1n) is 6.70. The van der Waals surface area contributed by atoms with Crippen molar-refractivity contribution in [1.29, 1.82) is 0 Å². The zero-order chi connectivity index (χ0) is 12.4. The average molecular weight is 240 g/mol. The zero-order valence-electron chi connectivity index (χ0n) is 10.7. The Morgan fingerprint density at radius 3 is 2.61 bits per heavy atom. The Morgan fingerprint density at radius 1 is 1.06 bits per heavy atom. The predicted molar refractivity (Wildman–Crippen MR) is 76.4 cm³/mol. The van der Waals surface area contributed by atoms with Crippen molar-refractivity contribution in [1.82, 2.24) is 5.32 Å². The summed E-state index contributed by atoms with van der Waals surface area (Å²) in [5.41, 5.74) is 7.58. The molecule has 0 aliphatic heterocycles. The van der Waals surface area contributed by atoms with E-state index in [-0.39, 0.29) is 0 Å². The van der Waals surface area contributed by atoms with Gasteiger partial charge in [0.05, 0.1) is 0 Å². The molecule has 0 radical (unpaired) electrons. The van der Waals surface area contributed by atoms with Gasteiger partial charge in [0.15, 0.2) is 0 Å². The van der Waals surface area contributed by atoms with Crippen molar-refractivity contribution in [2.24, 2.45) is 11.1 Å². The van der Waals surface area contributed by atoms with Crippen LogP contribution in [-0.2, 0) is 6.54 Å². The molecule has 0 saturated heterocycles. The van der Waals surface area contributed by atoms with Crippen LogP contribution in [0, 0.1) is 5.41 Å². The minimum Gasteiger partial charge on any atom is -0.330 e. The molecule has 0 aromatic heterocycles. The highest BCUT2D eigenvalue weighted by Crippen LogP contribution is 2.43. The van der Waals surface area contributed by atoms with Crippen LogP contribution in [0.5, 0.6) is 0 Å². The smallest absolute Gasteiger partial charge is 0.0211 e. The Balaban J connectivity index is 1.71. The van der Waals surface area contributed by atoms with Gasteiger partial charge in [0.1, 0.15) is 0 Å². The molecule has 1 aliphatic carbocycles. The van der Waals surface area contributed by atoms with Gasteiger partial charge in [0, 0.05) is 13.1 Å². The van der Waals surface area contributed by atoms with Crippen molar-refractivity contribution in [2.75, 3.05) is 13.1 Å². The monoisotopic (exact) mass is 240 g/mol. The number of benzene rings is 2. The molecular formula is C16H20N2. The second-order valence-electron chi connectivity index (χ2n) is 5.45. The van der Waals surface area contributed by atoms with Crippen LogP contribution in [0.2, 0.25) is 0 Å².